The van der Waals surface area contributed by atoms with Crippen LogP contribution in [0.3, 0.4) is 0 Å². The molecule has 3 heteroatoms. The van der Waals surface area contributed by atoms with Gasteiger partial charge >= 0.3 is 0 Å². The maximum absolute atomic E-state index is 9.25. The molecule has 0 spiro atoms. The van der Waals surface area contributed by atoms with Crippen LogP contribution in [-0.2, 0) is 0 Å². The molecule has 1 heterocycles. The first-order chi connectivity index (χ1) is 9.86. The fourth-order valence-electron chi connectivity index (χ4n) is 2.64. The fraction of sp³-hybridized carbons (Fsp3) is 0.294. The number of hydrogen-bond acceptors (Lipinski definition) is 3. The van der Waals surface area contributed by atoms with Gasteiger partial charge < -0.3 is 5.32 Å². The summed E-state index contributed by atoms with van der Waals surface area (Å²) in [6.07, 6.45) is 7.10. The second-order valence-electron chi connectivity index (χ2n) is 5.12. The maximum Gasteiger partial charge on any atom is 0.144 e. The van der Waals surface area contributed by atoms with Gasteiger partial charge in [-0.25, -0.2) is 4.98 Å². The van der Waals surface area contributed by atoms with E-state index in [2.05, 4.69) is 22.4 Å². The van der Waals surface area contributed by atoms with Gasteiger partial charge in [0.25, 0.3) is 0 Å². The number of nitriles is 1. The van der Waals surface area contributed by atoms with Crippen molar-refractivity contribution in [3.8, 4) is 6.07 Å². The number of hydrogen-bond donors (Lipinski definition) is 1. The van der Waals surface area contributed by atoms with E-state index in [1.54, 1.807) is 0 Å². The van der Waals surface area contributed by atoms with Crippen molar-refractivity contribution in [2.45, 2.75) is 25.7 Å². The third-order valence-electron chi connectivity index (χ3n) is 3.72. The van der Waals surface area contributed by atoms with Crippen LogP contribution in [0, 0.1) is 11.3 Å². The molecule has 1 aliphatic rings. The first-order valence-electron chi connectivity index (χ1n) is 7.08. The molecular weight excluding hydrogens is 246 g/mol. The average Bonchev–Trinajstić information content (AvgIpc) is 3.00. The van der Waals surface area contributed by atoms with Crippen molar-refractivity contribution in [1.29, 1.82) is 5.26 Å². The SMILES string of the molecule is N#Cc1cc2ccccc2nc1NCCC1=CCCC1. The van der Waals surface area contributed by atoms with Crippen LogP contribution in [-0.4, -0.2) is 11.5 Å². The number of nitrogens with one attached hydrogen (secondary N) is 1. The Morgan fingerprint density at radius 2 is 2.20 bits per heavy atom. The topological polar surface area (TPSA) is 48.7 Å². The van der Waals surface area contributed by atoms with Crippen LogP contribution in [0.5, 0.6) is 0 Å². The fourth-order valence-corrected chi connectivity index (χ4v) is 2.64. The van der Waals surface area contributed by atoms with Crippen LogP contribution in [0.2, 0.25) is 0 Å². The number of rotatable bonds is 4. The highest BCUT2D eigenvalue weighted by molar-refractivity contribution is 5.82. The normalized spacial score (nSPS) is 14.1. The van der Waals surface area contributed by atoms with Gasteiger partial charge in [0.15, 0.2) is 0 Å². The monoisotopic (exact) mass is 263 g/mol. The molecule has 0 unspecified atom stereocenters. The molecule has 0 amide bonds. The van der Waals surface area contributed by atoms with Crippen molar-refractivity contribution in [2.75, 3.05) is 11.9 Å². The number of nitrogens with zero attached hydrogens (tertiary/aromatic N) is 2. The summed E-state index contributed by atoms with van der Waals surface area (Å²) >= 11 is 0. The van der Waals surface area contributed by atoms with Gasteiger partial charge in [-0.3, -0.25) is 0 Å². The highest BCUT2D eigenvalue weighted by Gasteiger charge is 2.07. The Hall–Kier alpha value is -2.34. The Bertz CT molecular complexity index is 695. The van der Waals surface area contributed by atoms with Crippen LogP contribution in [0.25, 0.3) is 10.9 Å². The van der Waals surface area contributed by atoms with E-state index in [9.17, 15) is 5.26 Å². The summed E-state index contributed by atoms with van der Waals surface area (Å²) in [5, 5.41) is 13.6. The standard InChI is InChI=1S/C17H17N3/c18-12-15-11-14-7-3-4-8-16(14)20-17(15)19-10-9-13-5-1-2-6-13/h3-5,7-8,11H,1-2,6,9-10H2,(H,19,20). The molecule has 0 bridgehead atoms. The number of aromatic nitrogens is 1. The minimum atomic E-state index is 0.615. The smallest absolute Gasteiger partial charge is 0.144 e. The van der Waals surface area contributed by atoms with Gasteiger partial charge in [-0.05, 0) is 37.8 Å². The zero-order valence-corrected chi connectivity index (χ0v) is 11.4. The quantitative estimate of drug-likeness (QED) is 0.847. The molecule has 1 N–H and O–H groups in total. The summed E-state index contributed by atoms with van der Waals surface area (Å²) in [5.74, 6) is 0.699. The zero-order chi connectivity index (χ0) is 13.8. The second-order valence-corrected chi connectivity index (χ2v) is 5.12. The van der Waals surface area contributed by atoms with Crippen molar-refractivity contribution in [2.24, 2.45) is 0 Å². The van der Waals surface area contributed by atoms with E-state index < -0.39 is 0 Å². The third kappa shape index (κ3) is 2.65. The summed E-state index contributed by atoms with van der Waals surface area (Å²) in [6.45, 7) is 0.839. The van der Waals surface area contributed by atoms with Crippen molar-refractivity contribution in [1.82, 2.24) is 4.98 Å². The number of allylic oxidation sites excluding steroid dienone is 1. The Balaban J connectivity index is 1.77. The van der Waals surface area contributed by atoms with Gasteiger partial charge in [-0.2, -0.15) is 5.26 Å². The Labute approximate surface area is 118 Å². The van der Waals surface area contributed by atoms with E-state index in [4.69, 9.17) is 0 Å². The summed E-state index contributed by atoms with van der Waals surface area (Å²) < 4.78 is 0. The lowest BCUT2D eigenvalue weighted by atomic mass is 10.1. The van der Waals surface area contributed by atoms with E-state index in [-0.39, 0.29) is 0 Å². The van der Waals surface area contributed by atoms with Gasteiger partial charge in [0.05, 0.1) is 11.1 Å². The van der Waals surface area contributed by atoms with Gasteiger partial charge in [0.1, 0.15) is 11.9 Å². The number of para-hydroxylation sites is 1. The van der Waals surface area contributed by atoms with Crippen LogP contribution in [0.15, 0.2) is 42.0 Å². The number of fused-ring (bicyclic) bond motifs is 1. The van der Waals surface area contributed by atoms with Crippen molar-refractivity contribution < 1.29 is 0 Å². The summed E-state index contributed by atoms with van der Waals surface area (Å²) in [5.41, 5.74) is 3.06. The lowest BCUT2D eigenvalue weighted by Gasteiger charge is -2.09. The molecule has 0 saturated heterocycles. The molecule has 1 aromatic carbocycles. The van der Waals surface area contributed by atoms with Gasteiger partial charge in [0, 0.05) is 11.9 Å². The predicted molar refractivity (Wildman–Crippen MR) is 81.5 cm³/mol. The minimum Gasteiger partial charge on any atom is -0.369 e. The molecule has 1 aromatic heterocycles. The van der Waals surface area contributed by atoms with E-state index in [1.807, 2.05) is 30.3 Å². The van der Waals surface area contributed by atoms with Crippen molar-refractivity contribution in [3.63, 3.8) is 0 Å². The number of pyridine rings is 1. The first kappa shape index (κ1) is 12.7. The van der Waals surface area contributed by atoms with Crippen LogP contribution in [0.1, 0.15) is 31.2 Å². The summed E-state index contributed by atoms with van der Waals surface area (Å²) in [6, 6.07) is 12.0. The second kappa shape index (κ2) is 5.75. The Morgan fingerprint density at radius 1 is 1.30 bits per heavy atom. The lowest BCUT2D eigenvalue weighted by molar-refractivity contribution is 0.862. The Kier molecular flexibility index (Phi) is 3.64. The average molecular weight is 263 g/mol. The van der Waals surface area contributed by atoms with E-state index in [1.165, 1.54) is 24.8 Å². The van der Waals surface area contributed by atoms with Crippen molar-refractivity contribution in [3.05, 3.63) is 47.5 Å². The number of anilines is 1. The molecule has 20 heavy (non-hydrogen) atoms. The zero-order valence-electron chi connectivity index (χ0n) is 11.4. The molecule has 1 aliphatic carbocycles. The molecule has 3 nitrogen and oxygen atoms in total. The van der Waals surface area contributed by atoms with Gasteiger partial charge in [0.2, 0.25) is 0 Å². The molecule has 0 saturated carbocycles. The maximum atomic E-state index is 9.25. The summed E-state index contributed by atoms with van der Waals surface area (Å²) in [7, 11) is 0. The molecule has 0 radical (unpaired) electrons. The summed E-state index contributed by atoms with van der Waals surface area (Å²) in [4.78, 5) is 4.56. The lowest BCUT2D eigenvalue weighted by Crippen LogP contribution is -2.06. The molecule has 2 aromatic rings. The third-order valence-corrected chi connectivity index (χ3v) is 3.72. The van der Waals surface area contributed by atoms with Gasteiger partial charge in [-0.1, -0.05) is 29.8 Å². The highest BCUT2D eigenvalue weighted by Crippen LogP contribution is 2.22. The highest BCUT2D eigenvalue weighted by atomic mass is 15.0. The van der Waals surface area contributed by atoms with Crippen LogP contribution < -0.4 is 5.32 Å². The van der Waals surface area contributed by atoms with Gasteiger partial charge in [-0.15, -0.1) is 0 Å². The molecule has 0 aliphatic heterocycles. The molecule has 0 fully saturated rings. The molecule has 3 rings (SSSR count). The van der Waals surface area contributed by atoms with Crippen molar-refractivity contribution >= 4 is 16.7 Å². The Morgan fingerprint density at radius 3 is 3.00 bits per heavy atom. The largest absolute Gasteiger partial charge is 0.369 e. The van der Waals surface area contributed by atoms with Crippen LogP contribution in [0.4, 0.5) is 5.82 Å². The van der Waals surface area contributed by atoms with E-state index >= 15 is 0 Å². The molecule has 0 atom stereocenters. The van der Waals surface area contributed by atoms with E-state index in [0.717, 1.165) is 23.9 Å². The van der Waals surface area contributed by atoms with E-state index in [0.29, 0.717) is 11.4 Å². The molecule has 100 valence electrons. The predicted octanol–water partition coefficient (Wildman–Crippen LogP) is 4.02. The molecular formula is C17H17N3. The number of benzene rings is 1. The first-order valence-corrected chi connectivity index (χ1v) is 7.08. The minimum absolute atomic E-state index is 0.615. The van der Waals surface area contributed by atoms with Crippen LogP contribution >= 0.6 is 0 Å².